The second-order valence-electron chi connectivity index (χ2n) is 7.82. The van der Waals surface area contributed by atoms with Crippen molar-refractivity contribution in [1.82, 2.24) is 5.32 Å². The first kappa shape index (κ1) is 25.9. The zero-order valence-corrected chi connectivity index (χ0v) is 20.9. The fourth-order valence-electron chi connectivity index (χ4n) is 3.45. The number of hydrogen-bond donors (Lipinski definition) is 1. The lowest BCUT2D eigenvalue weighted by molar-refractivity contribution is -0.119. The SMILES string of the molecule is COc1ccc(CCCNC(=O)CN(c2ccc(Oc3ccccc3)cc2)S(C)(=O)=O)cc1OC. The van der Waals surface area contributed by atoms with Crippen molar-refractivity contribution in [3.63, 3.8) is 0 Å². The Hall–Kier alpha value is -3.72. The van der Waals surface area contributed by atoms with Crippen LogP contribution in [-0.4, -0.2) is 47.9 Å². The molecular formula is C26H30N2O6S. The second kappa shape index (κ2) is 12.1. The van der Waals surface area contributed by atoms with E-state index >= 15 is 0 Å². The van der Waals surface area contributed by atoms with Gasteiger partial charge in [0.05, 0.1) is 26.2 Å². The Morgan fingerprint density at radius 2 is 1.54 bits per heavy atom. The van der Waals surface area contributed by atoms with E-state index in [2.05, 4.69) is 5.32 Å². The summed E-state index contributed by atoms with van der Waals surface area (Å²) in [6.07, 6.45) is 2.48. The Kier molecular flexibility index (Phi) is 8.97. The number of carbonyl (C=O) groups excluding carboxylic acids is 1. The monoisotopic (exact) mass is 498 g/mol. The summed E-state index contributed by atoms with van der Waals surface area (Å²) in [7, 11) is -0.501. The van der Waals surface area contributed by atoms with E-state index in [4.69, 9.17) is 14.2 Å². The Bertz CT molecular complexity index is 1210. The molecule has 0 heterocycles. The Labute approximate surface area is 206 Å². The fraction of sp³-hybridized carbons (Fsp3) is 0.269. The smallest absolute Gasteiger partial charge is 0.240 e. The first-order chi connectivity index (χ1) is 16.8. The van der Waals surface area contributed by atoms with E-state index in [0.717, 1.165) is 22.5 Å². The Morgan fingerprint density at radius 3 is 2.17 bits per heavy atom. The molecule has 0 bridgehead atoms. The molecule has 186 valence electrons. The predicted octanol–water partition coefficient (Wildman–Crippen LogP) is 4.01. The highest BCUT2D eigenvalue weighted by Gasteiger charge is 2.20. The number of methoxy groups -OCH3 is 2. The molecule has 0 saturated carbocycles. The maximum atomic E-state index is 12.5. The molecule has 1 amide bonds. The molecule has 9 heteroatoms. The number of hydrogen-bond acceptors (Lipinski definition) is 6. The second-order valence-corrected chi connectivity index (χ2v) is 9.73. The van der Waals surface area contributed by atoms with Gasteiger partial charge in [0.2, 0.25) is 15.9 Å². The van der Waals surface area contributed by atoms with Crippen LogP contribution in [0.3, 0.4) is 0 Å². The molecular weight excluding hydrogens is 468 g/mol. The number of nitrogens with zero attached hydrogens (tertiary/aromatic N) is 1. The van der Waals surface area contributed by atoms with E-state index in [1.54, 1.807) is 38.5 Å². The molecule has 0 aliphatic rings. The zero-order chi connectivity index (χ0) is 25.3. The molecule has 3 rings (SSSR count). The van der Waals surface area contributed by atoms with E-state index in [0.29, 0.717) is 41.7 Å². The molecule has 3 aromatic rings. The zero-order valence-electron chi connectivity index (χ0n) is 20.1. The fourth-order valence-corrected chi connectivity index (χ4v) is 4.30. The molecule has 0 radical (unpaired) electrons. The molecule has 0 saturated heterocycles. The lowest BCUT2D eigenvalue weighted by Gasteiger charge is -2.22. The van der Waals surface area contributed by atoms with Gasteiger partial charge < -0.3 is 19.5 Å². The van der Waals surface area contributed by atoms with E-state index in [1.807, 2.05) is 48.5 Å². The number of amides is 1. The summed E-state index contributed by atoms with van der Waals surface area (Å²) in [5.41, 5.74) is 1.43. The highest BCUT2D eigenvalue weighted by Crippen LogP contribution is 2.28. The average molecular weight is 499 g/mol. The van der Waals surface area contributed by atoms with E-state index in [1.165, 1.54) is 0 Å². The maximum Gasteiger partial charge on any atom is 0.240 e. The standard InChI is InChI=1S/C26H30N2O6S/c1-32-24-16-11-20(18-25(24)33-2)8-7-17-27-26(29)19-28(35(3,30)31)21-12-14-23(15-13-21)34-22-9-5-4-6-10-22/h4-6,9-16,18H,7-8,17,19H2,1-3H3,(H,27,29). The number of anilines is 1. The van der Waals surface area contributed by atoms with Gasteiger partial charge in [0, 0.05) is 6.54 Å². The van der Waals surface area contributed by atoms with Crippen LogP contribution in [0.15, 0.2) is 72.8 Å². The van der Waals surface area contributed by atoms with E-state index < -0.39 is 10.0 Å². The highest BCUT2D eigenvalue weighted by molar-refractivity contribution is 7.92. The van der Waals surface area contributed by atoms with Crippen molar-refractivity contribution in [3.05, 3.63) is 78.4 Å². The van der Waals surface area contributed by atoms with Gasteiger partial charge in [-0.1, -0.05) is 24.3 Å². The minimum absolute atomic E-state index is 0.311. The summed E-state index contributed by atoms with van der Waals surface area (Å²) >= 11 is 0. The van der Waals surface area contributed by atoms with Crippen LogP contribution in [0, 0.1) is 0 Å². The molecule has 1 N–H and O–H groups in total. The van der Waals surface area contributed by atoms with Crippen LogP contribution < -0.4 is 23.8 Å². The topological polar surface area (TPSA) is 94.2 Å². The molecule has 0 atom stereocenters. The minimum atomic E-state index is -3.67. The van der Waals surface area contributed by atoms with Gasteiger partial charge in [0.1, 0.15) is 18.0 Å². The Balaban J connectivity index is 1.54. The number of rotatable bonds is 12. The lowest BCUT2D eigenvalue weighted by Crippen LogP contribution is -2.40. The number of carbonyl (C=O) groups is 1. The van der Waals surface area contributed by atoms with Crippen molar-refractivity contribution in [2.24, 2.45) is 0 Å². The molecule has 0 spiro atoms. The number of ether oxygens (including phenoxy) is 3. The number of aryl methyl sites for hydroxylation is 1. The number of nitrogens with one attached hydrogen (secondary N) is 1. The number of sulfonamides is 1. The van der Waals surface area contributed by atoms with Crippen LogP contribution in [0.1, 0.15) is 12.0 Å². The molecule has 0 unspecified atom stereocenters. The van der Waals surface area contributed by atoms with Crippen LogP contribution in [0.4, 0.5) is 5.69 Å². The third-order valence-electron chi connectivity index (χ3n) is 5.20. The van der Waals surface area contributed by atoms with Gasteiger partial charge in [-0.25, -0.2) is 8.42 Å². The number of benzene rings is 3. The van der Waals surface area contributed by atoms with Gasteiger partial charge in [-0.2, -0.15) is 0 Å². The van der Waals surface area contributed by atoms with Gasteiger partial charge in [-0.15, -0.1) is 0 Å². The average Bonchev–Trinajstić information content (AvgIpc) is 2.85. The minimum Gasteiger partial charge on any atom is -0.493 e. The first-order valence-corrected chi connectivity index (χ1v) is 12.9. The van der Waals surface area contributed by atoms with Gasteiger partial charge >= 0.3 is 0 Å². The summed E-state index contributed by atoms with van der Waals surface area (Å²) < 4.78 is 42.1. The molecule has 0 aliphatic carbocycles. The van der Waals surface area contributed by atoms with Gasteiger partial charge in [0.25, 0.3) is 0 Å². The molecule has 8 nitrogen and oxygen atoms in total. The predicted molar refractivity (Wildman–Crippen MR) is 136 cm³/mol. The number of para-hydroxylation sites is 1. The van der Waals surface area contributed by atoms with Crippen LogP contribution in [0.25, 0.3) is 0 Å². The van der Waals surface area contributed by atoms with Gasteiger partial charge in [-0.3, -0.25) is 9.10 Å². The summed E-state index contributed by atoms with van der Waals surface area (Å²) in [5, 5.41) is 2.79. The third kappa shape index (κ3) is 7.65. The highest BCUT2D eigenvalue weighted by atomic mass is 32.2. The van der Waals surface area contributed by atoms with Gasteiger partial charge in [0.15, 0.2) is 11.5 Å². The summed E-state index contributed by atoms with van der Waals surface area (Å²) in [4.78, 5) is 12.5. The van der Waals surface area contributed by atoms with Crippen molar-refractivity contribution in [3.8, 4) is 23.0 Å². The maximum absolute atomic E-state index is 12.5. The third-order valence-corrected chi connectivity index (χ3v) is 6.34. The Morgan fingerprint density at radius 1 is 0.886 bits per heavy atom. The first-order valence-electron chi connectivity index (χ1n) is 11.1. The molecule has 35 heavy (non-hydrogen) atoms. The quantitative estimate of drug-likeness (QED) is 0.379. The van der Waals surface area contributed by atoms with Crippen LogP contribution in [0.2, 0.25) is 0 Å². The molecule has 0 fully saturated rings. The van der Waals surface area contributed by atoms with Crippen molar-refractivity contribution in [2.75, 3.05) is 37.9 Å². The summed E-state index contributed by atoms with van der Waals surface area (Å²) in [6, 6.07) is 21.5. The van der Waals surface area contributed by atoms with Crippen molar-refractivity contribution in [1.29, 1.82) is 0 Å². The summed E-state index contributed by atoms with van der Waals surface area (Å²) in [6.45, 7) is 0.0999. The van der Waals surface area contributed by atoms with Crippen LogP contribution in [0.5, 0.6) is 23.0 Å². The van der Waals surface area contributed by atoms with Crippen LogP contribution >= 0.6 is 0 Å². The normalized spacial score (nSPS) is 10.9. The van der Waals surface area contributed by atoms with E-state index in [-0.39, 0.29) is 12.5 Å². The summed E-state index contributed by atoms with van der Waals surface area (Å²) in [5.74, 6) is 2.16. The van der Waals surface area contributed by atoms with Crippen molar-refractivity contribution < 1.29 is 27.4 Å². The van der Waals surface area contributed by atoms with Crippen molar-refractivity contribution in [2.45, 2.75) is 12.8 Å². The van der Waals surface area contributed by atoms with Crippen LogP contribution in [-0.2, 0) is 21.2 Å². The lowest BCUT2D eigenvalue weighted by atomic mass is 10.1. The largest absolute Gasteiger partial charge is 0.493 e. The molecule has 0 aliphatic heterocycles. The van der Waals surface area contributed by atoms with E-state index in [9.17, 15) is 13.2 Å². The molecule has 3 aromatic carbocycles. The van der Waals surface area contributed by atoms with Gasteiger partial charge in [-0.05, 0) is 66.9 Å². The molecule has 0 aromatic heterocycles. The van der Waals surface area contributed by atoms with Crippen molar-refractivity contribution >= 4 is 21.6 Å².